The highest BCUT2D eigenvalue weighted by atomic mass is 16.3. The van der Waals surface area contributed by atoms with E-state index in [1.54, 1.807) is 0 Å². The fourth-order valence-corrected chi connectivity index (χ4v) is 6.43. The van der Waals surface area contributed by atoms with Crippen molar-refractivity contribution in [2.24, 2.45) is 0 Å². The standard InChI is InChI=1S/C43H27N3O/c1-3-10-28(11-4-1)29-18-22-33(23-19-29)42-44-41(32-12-5-2-6-13-32)45-43(46-42)34-24-20-30(21-25-34)35-16-9-14-31-26-27-38-40(39(31)35)36-15-7-8-17-37(36)47-38/h1-27H. The normalized spacial score (nSPS) is 11.4. The van der Waals surface area contributed by atoms with Crippen LogP contribution >= 0.6 is 0 Å². The molecule has 9 aromatic rings. The van der Waals surface area contributed by atoms with E-state index in [4.69, 9.17) is 19.4 Å². The van der Waals surface area contributed by atoms with Crippen molar-refractivity contribution in [3.63, 3.8) is 0 Å². The zero-order chi connectivity index (χ0) is 31.2. The van der Waals surface area contributed by atoms with Crippen LogP contribution in [0.25, 0.3) is 89.1 Å². The second kappa shape index (κ2) is 11.2. The molecular formula is C43H27N3O. The van der Waals surface area contributed by atoms with Gasteiger partial charge in [0.15, 0.2) is 17.5 Å². The smallest absolute Gasteiger partial charge is 0.164 e. The van der Waals surface area contributed by atoms with Crippen molar-refractivity contribution < 1.29 is 4.42 Å². The fraction of sp³-hybridized carbons (Fsp3) is 0. The molecule has 0 atom stereocenters. The third-order valence-corrected chi connectivity index (χ3v) is 8.76. The molecule has 0 N–H and O–H groups in total. The van der Waals surface area contributed by atoms with Crippen LogP contribution in [-0.4, -0.2) is 15.0 Å². The first-order valence-corrected chi connectivity index (χ1v) is 15.7. The fourth-order valence-electron chi connectivity index (χ4n) is 6.43. The van der Waals surface area contributed by atoms with Crippen LogP contribution in [0.5, 0.6) is 0 Å². The molecule has 0 saturated carbocycles. The Hall–Kier alpha value is -6.39. The molecule has 0 saturated heterocycles. The van der Waals surface area contributed by atoms with Crippen molar-refractivity contribution >= 4 is 32.7 Å². The molecule has 220 valence electrons. The quantitative estimate of drug-likeness (QED) is 0.197. The van der Waals surface area contributed by atoms with Gasteiger partial charge in [-0.1, -0.05) is 152 Å². The average molecular weight is 602 g/mol. The van der Waals surface area contributed by atoms with Crippen LogP contribution in [0.15, 0.2) is 168 Å². The van der Waals surface area contributed by atoms with Crippen LogP contribution in [0.1, 0.15) is 0 Å². The molecule has 0 aliphatic carbocycles. The number of benzene rings is 7. The van der Waals surface area contributed by atoms with Gasteiger partial charge in [0.1, 0.15) is 11.2 Å². The maximum absolute atomic E-state index is 6.23. The van der Waals surface area contributed by atoms with E-state index in [1.165, 1.54) is 16.3 Å². The van der Waals surface area contributed by atoms with E-state index < -0.39 is 0 Å². The Kier molecular flexibility index (Phi) is 6.43. The van der Waals surface area contributed by atoms with Gasteiger partial charge in [0, 0.05) is 32.8 Å². The number of hydrogen-bond acceptors (Lipinski definition) is 4. The van der Waals surface area contributed by atoms with E-state index in [0.717, 1.165) is 55.3 Å². The lowest BCUT2D eigenvalue weighted by atomic mass is 9.94. The summed E-state index contributed by atoms with van der Waals surface area (Å²) in [6.45, 7) is 0. The average Bonchev–Trinajstić information content (AvgIpc) is 3.54. The highest BCUT2D eigenvalue weighted by Crippen LogP contribution is 2.40. The summed E-state index contributed by atoms with van der Waals surface area (Å²) < 4.78 is 6.23. The molecule has 0 amide bonds. The summed E-state index contributed by atoms with van der Waals surface area (Å²) in [5, 5.41) is 4.64. The molecule has 4 nitrogen and oxygen atoms in total. The van der Waals surface area contributed by atoms with E-state index in [9.17, 15) is 0 Å². The number of nitrogens with zero attached hydrogens (tertiary/aromatic N) is 3. The minimum Gasteiger partial charge on any atom is -0.456 e. The molecule has 2 heterocycles. The third-order valence-electron chi connectivity index (χ3n) is 8.76. The molecule has 0 fully saturated rings. The first-order valence-electron chi connectivity index (χ1n) is 15.7. The zero-order valence-electron chi connectivity index (χ0n) is 25.3. The minimum absolute atomic E-state index is 0.633. The number of furan rings is 1. The Bertz CT molecular complexity index is 2540. The summed E-state index contributed by atoms with van der Waals surface area (Å²) in [6.07, 6.45) is 0. The number of para-hydroxylation sites is 1. The predicted octanol–water partition coefficient (Wildman–Crippen LogP) is 11.3. The molecule has 0 unspecified atom stereocenters. The van der Waals surface area contributed by atoms with E-state index in [-0.39, 0.29) is 0 Å². The second-order valence-electron chi connectivity index (χ2n) is 11.6. The summed E-state index contributed by atoms with van der Waals surface area (Å²) in [5.74, 6) is 1.92. The van der Waals surface area contributed by atoms with Crippen LogP contribution < -0.4 is 0 Å². The third kappa shape index (κ3) is 4.84. The molecule has 2 aromatic heterocycles. The van der Waals surface area contributed by atoms with Crippen molar-refractivity contribution in [2.45, 2.75) is 0 Å². The summed E-state index contributed by atoms with van der Waals surface area (Å²) in [5.41, 5.74) is 9.20. The Morgan fingerprint density at radius 3 is 1.49 bits per heavy atom. The lowest BCUT2D eigenvalue weighted by molar-refractivity contribution is 0.669. The molecule has 47 heavy (non-hydrogen) atoms. The molecule has 0 aliphatic heterocycles. The summed E-state index contributed by atoms with van der Waals surface area (Å²) in [7, 11) is 0. The van der Waals surface area contributed by atoms with Crippen molar-refractivity contribution in [3.05, 3.63) is 164 Å². The number of hydrogen-bond donors (Lipinski definition) is 0. The highest BCUT2D eigenvalue weighted by Gasteiger charge is 2.16. The van der Waals surface area contributed by atoms with Gasteiger partial charge in [-0.15, -0.1) is 0 Å². The molecule has 4 heteroatoms. The highest BCUT2D eigenvalue weighted by molar-refractivity contribution is 6.22. The van der Waals surface area contributed by atoms with Gasteiger partial charge < -0.3 is 4.42 Å². The van der Waals surface area contributed by atoms with Crippen molar-refractivity contribution in [1.82, 2.24) is 15.0 Å². The lowest BCUT2D eigenvalue weighted by Gasteiger charge is -2.11. The number of rotatable bonds is 5. The number of fused-ring (bicyclic) bond motifs is 5. The van der Waals surface area contributed by atoms with Gasteiger partial charge in [0.25, 0.3) is 0 Å². The Balaban J connectivity index is 1.15. The topological polar surface area (TPSA) is 51.8 Å². The first-order chi connectivity index (χ1) is 23.3. The van der Waals surface area contributed by atoms with E-state index in [0.29, 0.717) is 17.5 Å². The molecule has 0 aliphatic rings. The van der Waals surface area contributed by atoms with E-state index >= 15 is 0 Å². The largest absolute Gasteiger partial charge is 0.456 e. The molecule has 0 radical (unpaired) electrons. The van der Waals surface area contributed by atoms with Crippen LogP contribution in [0, 0.1) is 0 Å². The monoisotopic (exact) mass is 601 g/mol. The van der Waals surface area contributed by atoms with Crippen molar-refractivity contribution in [2.75, 3.05) is 0 Å². The summed E-state index contributed by atoms with van der Waals surface area (Å²) >= 11 is 0. The molecule has 9 rings (SSSR count). The lowest BCUT2D eigenvalue weighted by Crippen LogP contribution is -2.00. The van der Waals surface area contributed by atoms with Gasteiger partial charge in [-0.3, -0.25) is 0 Å². The van der Waals surface area contributed by atoms with Crippen LogP contribution in [-0.2, 0) is 0 Å². The van der Waals surface area contributed by atoms with Gasteiger partial charge >= 0.3 is 0 Å². The van der Waals surface area contributed by atoms with Crippen LogP contribution in [0.4, 0.5) is 0 Å². The summed E-state index contributed by atoms with van der Waals surface area (Å²) in [6, 6.07) is 56.3. The Morgan fingerprint density at radius 2 is 0.830 bits per heavy atom. The summed E-state index contributed by atoms with van der Waals surface area (Å²) in [4.78, 5) is 14.9. The van der Waals surface area contributed by atoms with Crippen molar-refractivity contribution in [1.29, 1.82) is 0 Å². The zero-order valence-corrected chi connectivity index (χ0v) is 25.3. The second-order valence-corrected chi connectivity index (χ2v) is 11.6. The molecule has 0 bridgehead atoms. The van der Waals surface area contributed by atoms with E-state index in [2.05, 4.69) is 115 Å². The van der Waals surface area contributed by atoms with E-state index in [1.807, 2.05) is 48.5 Å². The molecule has 7 aromatic carbocycles. The van der Waals surface area contributed by atoms with Gasteiger partial charge in [-0.25, -0.2) is 15.0 Å². The Morgan fingerprint density at radius 1 is 0.319 bits per heavy atom. The Labute approximate surface area is 271 Å². The van der Waals surface area contributed by atoms with Gasteiger partial charge in [-0.05, 0) is 39.8 Å². The van der Waals surface area contributed by atoms with Gasteiger partial charge in [0.2, 0.25) is 0 Å². The van der Waals surface area contributed by atoms with Gasteiger partial charge in [0.05, 0.1) is 0 Å². The first kappa shape index (κ1) is 27.0. The van der Waals surface area contributed by atoms with Crippen LogP contribution in [0.3, 0.4) is 0 Å². The van der Waals surface area contributed by atoms with Gasteiger partial charge in [-0.2, -0.15) is 0 Å². The molecular weight excluding hydrogens is 574 g/mol. The molecule has 0 spiro atoms. The number of aromatic nitrogens is 3. The maximum Gasteiger partial charge on any atom is 0.164 e. The maximum atomic E-state index is 6.23. The predicted molar refractivity (Wildman–Crippen MR) is 192 cm³/mol. The SMILES string of the molecule is c1ccc(-c2ccc(-c3nc(-c4ccccc4)nc(-c4ccc(-c5cccc6ccc7oc8ccccc8c7c56)cc4)n3)cc2)cc1. The van der Waals surface area contributed by atoms with Crippen LogP contribution in [0.2, 0.25) is 0 Å². The van der Waals surface area contributed by atoms with Crippen molar-refractivity contribution in [3.8, 4) is 56.4 Å². The minimum atomic E-state index is 0.633.